The summed E-state index contributed by atoms with van der Waals surface area (Å²) in [6.45, 7) is 0. The monoisotopic (exact) mass is 1730 g/mol. The van der Waals surface area contributed by atoms with Crippen LogP contribution in [-0.4, -0.2) is 115 Å². The van der Waals surface area contributed by atoms with Gasteiger partial charge in [0.2, 0.25) is 0 Å². The van der Waals surface area contributed by atoms with Gasteiger partial charge in [0.1, 0.15) is 11.5 Å². The van der Waals surface area contributed by atoms with Crippen molar-refractivity contribution in [1.29, 1.82) is 0 Å². The fourth-order valence-electron chi connectivity index (χ4n) is 15.8. The third kappa shape index (κ3) is 12.1. The van der Waals surface area contributed by atoms with Crippen LogP contribution in [-0.2, 0) is 51.2 Å². The van der Waals surface area contributed by atoms with Crippen LogP contribution in [0.25, 0.3) is 270 Å². The van der Waals surface area contributed by atoms with Gasteiger partial charge in [-0.25, -0.2) is 29.9 Å². The smallest absolute Gasteiger partial charge is 0.111 e. The molecule has 0 amide bonds. The van der Waals surface area contributed by atoms with E-state index in [-0.39, 0.29) is 51.2 Å². The Hall–Kier alpha value is -16.1. The van der Waals surface area contributed by atoms with Gasteiger partial charge in [0.25, 0.3) is 0 Å². The molecule has 123 heavy (non-hydrogen) atoms. The Balaban J connectivity index is 0.000000109. The fourth-order valence-corrected chi connectivity index (χ4v) is 15.8. The number of hydrogen-bond donors (Lipinski definition) is 0. The zero-order valence-corrected chi connectivity index (χ0v) is 65.5. The van der Waals surface area contributed by atoms with E-state index in [0.717, 1.165) is 104 Å². The molecule has 0 fully saturated rings. The molecule has 27 rings (SSSR count). The van der Waals surface area contributed by atoms with E-state index in [4.69, 9.17) is 120 Å². The number of aromatic nitrogens is 29. The molecule has 3 radical (unpaired) electrons. The van der Waals surface area contributed by atoms with Crippen molar-refractivity contribution in [2.24, 2.45) is 0 Å². The number of benzene rings is 7. The maximum Gasteiger partial charge on any atom is 0.111 e. The van der Waals surface area contributed by atoms with Gasteiger partial charge in [-0.05, 0) is 57.9 Å². The molecule has 0 N–H and O–H groups in total. The van der Waals surface area contributed by atoms with E-state index in [2.05, 4.69) is 24.9 Å². The van der Waals surface area contributed by atoms with E-state index in [9.17, 15) is 0 Å². The molecule has 14 aromatic heterocycles. The van der Waals surface area contributed by atoms with Gasteiger partial charge in [-0.1, -0.05) is 194 Å². The number of hydrogen-bond acceptors (Lipinski definition) is 23. The van der Waals surface area contributed by atoms with Gasteiger partial charge >= 0.3 is 0 Å². The molecule has 29 nitrogen and oxygen atoms in total. The van der Waals surface area contributed by atoms with Crippen molar-refractivity contribution in [3.8, 4) is 137 Å². The summed E-state index contributed by atoms with van der Waals surface area (Å²) >= 11 is 0. The van der Waals surface area contributed by atoms with Crippen LogP contribution in [0.2, 0.25) is 0 Å². The summed E-state index contributed by atoms with van der Waals surface area (Å²) in [5.41, 5.74) is 18.3. The van der Waals surface area contributed by atoms with Crippen molar-refractivity contribution in [3.05, 3.63) is 262 Å². The Morgan fingerprint density at radius 3 is 0.553 bits per heavy atom. The molecule has 591 valence electrons. The Morgan fingerprint density at radius 2 is 0.301 bits per heavy atom. The number of fused-ring (bicyclic) bond motifs is 60. The maximum absolute atomic E-state index is 4.94. The van der Waals surface area contributed by atoms with Gasteiger partial charge in [0, 0.05) is 233 Å². The van der Waals surface area contributed by atoms with Crippen molar-refractivity contribution in [1.82, 2.24) is 145 Å². The summed E-state index contributed by atoms with van der Waals surface area (Å²) in [6, 6.07) is 74.1. The average Bonchev–Trinajstić information content (AvgIpc) is 1.61. The minimum Gasteiger partial charge on any atom is -0.357 e. The fraction of sp³-hybridized carbons (Fsp3) is 0. The average molecular weight is 1730 g/mol. The molecule has 0 unspecified atom stereocenters. The van der Waals surface area contributed by atoms with Gasteiger partial charge in [-0.2, -0.15) is 0 Å². The minimum absolute atomic E-state index is 0. The van der Waals surface area contributed by atoms with E-state index >= 15 is 0 Å². The van der Waals surface area contributed by atoms with E-state index in [0.29, 0.717) is 165 Å². The second-order valence-corrected chi connectivity index (χ2v) is 28.3. The van der Waals surface area contributed by atoms with Gasteiger partial charge in [-0.15, -0.1) is 0 Å². The summed E-state index contributed by atoms with van der Waals surface area (Å²) in [5.74, 6) is 6.01. The third-order valence-electron chi connectivity index (χ3n) is 21.2. The van der Waals surface area contributed by atoms with Crippen LogP contribution in [0, 0.1) is 0 Å². The SMILES string of the molecule is [Cu].[Cu].[Cu].c1ccc2c(c1)-c1nc-2nc2[n-]c(nc3nc(nc4[n-]c(n1)c1ccccc41)-c1ccccc1-3)c1ncccc21.c1ccc2c(c1)-c1nc-2nc2[n-]c(nc3nc(nc4[n-]c(n1)c1ccccc41)-c1cccnc1-3)c1cccnc21.c1ccc2c(c1)-c1nc-2nc2[n-]c(nc3nc(nc4[n-]c(n1)c1cccnc41)-c1ccccc1-3)c1ncccc21. The van der Waals surface area contributed by atoms with E-state index in [1.807, 2.05) is 231 Å². The molecule has 0 saturated heterocycles. The second kappa shape index (κ2) is 29.2. The zero-order chi connectivity index (χ0) is 78.6. The Kier molecular flexibility index (Phi) is 17.4. The van der Waals surface area contributed by atoms with Crippen LogP contribution in [0.15, 0.2) is 262 Å². The standard InChI is InChI=1S/C31H15N9.2C30H14N10.3Cu/c1-2-9-17-16(8-1)24-33-25(17)35-27-20-12-5-6-13-21(20)29(37-27)39-31-23-22(14-7-15-32-23)30(40-31)38-28-19-11-4-3-10-18(19)26(34-24)36-28;1-2-8-16-15(7-1)23-33-24-17-9-3-4-10-18(17)26(35-24)37-29-22-20(12-6-14-32-22)28(39-29)40-30-21-19(11-5-13-31-21)27(38-30)36-25(16)34-23;1-2-8-16-15(7-1)23-33-24(16)36-28-20-12-6-14-32-22(20)30(40-28)38-26-18-10-4-3-9-17(18)25(34-26)37-29-21-19(11-5-13-31-21)27(35-23)39-29;;;/h1-15H;2*1-14H;;;/q3*-2;;;. The predicted molar refractivity (Wildman–Crippen MR) is 451 cm³/mol. The Morgan fingerprint density at radius 1 is 0.138 bits per heavy atom. The number of nitrogens with zero attached hydrogens (tertiary/aromatic N) is 29. The molecule has 7 aromatic carbocycles. The van der Waals surface area contributed by atoms with E-state index < -0.39 is 0 Å². The quantitative estimate of drug-likeness (QED) is 0.127. The van der Waals surface area contributed by atoms with Crippen LogP contribution in [0.5, 0.6) is 0 Å². The van der Waals surface area contributed by atoms with Crippen molar-refractivity contribution in [3.63, 3.8) is 0 Å². The zero-order valence-electron chi connectivity index (χ0n) is 62.7. The van der Waals surface area contributed by atoms with E-state index in [1.165, 1.54) is 0 Å². The number of rotatable bonds is 0. The summed E-state index contributed by atoms with van der Waals surface area (Å²) in [5, 5.41) is 6.59. The Labute approximate surface area is 721 Å². The first-order chi connectivity index (χ1) is 59.4. The largest absolute Gasteiger partial charge is 0.357 e. The Bertz CT molecular complexity index is 6900. The molecule has 21 aromatic rings. The van der Waals surface area contributed by atoms with Gasteiger partial charge in [0.15, 0.2) is 0 Å². The molecular weight excluding hydrogens is 1690 g/mol. The van der Waals surface area contributed by atoms with Crippen molar-refractivity contribution in [2.75, 3.05) is 0 Å². The normalized spacial score (nSPS) is 11.7. The van der Waals surface area contributed by atoms with Gasteiger partial charge in [-0.3, -0.25) is 24.9 Å². The first-order valence-corrected chi connectivity index (χ1v) is 38.0. The molecule has 0 saturated carbocycles. The molecule has 32 heteroatoms. The third-order valence-corrected chi connectivity index (χ3v) is 21.2. The first-order valence-electron chi connectivity index (χ1n) is 38.0. The molecule has 0 atom stereocenters. The van der Waals surface area contributed by atoms with Crippen LogP contribution in [0.1, 0.15) is 0 Å². The summed E-state index contributed by atoms with van der Waals surface area (Å²) in [7, 11) is 0. The molecule has 0 spiro atoms. The molecule has 6 aliphatic heterocycles. The van der Waals surface area contributed by atoms with Crippen molar-refractivity contribution in [2.45, 2.75) is 0 Å². The molecule has 24 bridgehead atoms. The van der Waals surface area contributed by atoms with Crippen LogP contribution in [0.3, 0.4) is 0 Å². The topological polar surface area (TPSA) is 381 Å². The van der Waals surface area contributed by atoms with Gasteiger partial charge in [0.05, 0.1) is 86.1 Å². The van der Waals surface area contributed by atoms with Gasteiger partial charge < -0.3 is 89.7 Å². The van der Waals surface area contributed by atoms with Crippen molar-refractivity contribution >= 4 is 133 Å². The van der Waals surface area contributed by atoms with E-state index in [1.54, 1.807) is 31.0 Å². The van der Waals surface area contributed by atoms with Crippen LogP contribution in [0.4, 0.5) is 0 Å². The molecule has 0 aliphatic carbocycles. The molecule has 20 heterocycles. The maximum atomic E-state index is 4.94. The molecular formula is C91H43Cu3N29-6. The molecule has 6 aliphatic rings. The van der Waals surface area contributed by atoms with Crippen molar-refractivity contribution < 1.29 is 51.2 Å². The summed E-state index contributed by atoms with van der Waals surface area (Å²) in [4.78, 5) is 139. The van der Waals surface area contributed by atoms with Crippen LogP contribution >= 0.6 is 0 Å². The predicted octanol–water partition coefficient (Wildman–Crippen LogP) is 15.3. The van der Waals surface area contributed by atoms with Crippen LogP contribution < -0.4 is 29.9 Å². The first kappa shape index (κ1) is 73.3. The second-order valence-electron chi connectivity index (χ2n) is 28.3. The summed E-state index contributed by atoms with van der Waals surface area (Å²) in [6.07, 6.45) is 8.59. The summed E-state index contributed by atoms with van der Waals surface area (Å²) < 4.78 is 0. The number of pyridine rings is 5. The minimum atomic E-state index is 0.